The average molecular weight is 334 g/mol. The number of carbonyl (C=O) groups is 1. The lowest BCUT2D eigenvalue weighted by molar-refractivity contribution is 0.0917. The summed E-state index contributed by atoms with van der Waals surface area (Å²) in [6, 6.07) is 4.04. The third kappa shape index (κ3) is 2.82. The number of nitrogens with zero attached hydrogens (tertiary/aromatic N) is 2. The topological polar surface area (TPSA) is 90.9 Å². The number of aromatic amines is 1. The van der Waals surface area contributed by atoms with Gasteiger partial charge in [-0.15, -0.1) is 11.3 Å². The predicted octanol–water partition coefficient (Wildman–Crippen LogP) is 2.24. The minimum atomic E-state index is -0.720. The second-order valence-corrected chi connectivity index (χ2v) is 6.21. The van der Waals surface area contributed by atoms with Gasteiger partial charge in [0.05, 0.1) is 11.5 Å². The largest absolute Gasteiger partial charge is 0.394 e. The molecule has 0 fully saturated rings. The summed E-state index contributed by atoms with van der Waals surface area (Å²) >= 11 is 1.22. The van der Waals surface area contributed by atoms with E-state index in [9.17, 15) is 14.3 Å². The lowest BCUT2D eigenvalue weighted by atomic mass is 10.1. The van der Waals surface area contributed by atoms with Crippen molar-refractivity contribution < 1.29 is 14.3 Å². The summed E-state index contributed by atoms with van der Waals surface area (Å²) in [4.78, 5) is 17.0. The zero-order valence-electron chi connectivity index (χ0n) is 12.6. The summed E-state index contributed by atoms with van der Waals surface area (Å²) in [6.07, 6.45) is 0. The molecule has 0 aliphatic heterocycles. The van der Waals surface area contributed by atoms with Crippen molar-refractivity contribution in [1.82, 2.24) is 20.5 Å². The Hall–Kier alpha value is -2.32. The van der Waals surface area contributed by atoms with Crippen LogP contribution in [-0.4, -0.2) is 32.8 Å². The van der Waals surface area contributed by atoms with Gasteiger partial charge in [0.15, 0.2) is 5.82 Å². The number of carbonyl (C=O) groups excluding carboxylic acids is 1. The molecule has 1 aromatic carbocycles. The summed E-state index contributed by atoms with van der Waals surface area (Å²) in [5.74, 6) is 0.166. The fourth-order valence-electron chi connectivity index (χ4n) is 2.40. The number of halogens is 1. The first-order valence-electron chi connectivity index (χ1n) is 6.99. The second-order valence-electron chi connectivity index (χ2n) is 5.16. The molecule has 0 radical (unpaired) electrons. The number of aliphatic hydroxyl groups is 1. The first kappa shape index (κ1) is 15.6. The Morgan fingerprint density at radius 3 is 2.87 bits per heavy atom. The summed E-state index contributed by atoms with van der Waals surface area (Å²) in [5, 5.41) is 19.2. The maximum absolute atomic E-state index is 13.9. The third-order valence-electron chi connectivity index (χ3n) is 3.52. The molecule has 1 amide bonds. The molecular weight excluding hydrogens is 319 g/mol. The zero-order valence-corrected chi connectivity index (χ0v) is 13.4. The molecule has 3 N–H and O–H groups in total. The maximum atomic E-state index is 13.9. The van der Waals surface area contributed by atoms with Gasteiger partial charge in [0, 0.05) is 10.1 Å². The van der Waals surface area contributed by atoms with Crippen LogP contribution >= 0.6 is 11.3 Å². The van der Waals surface area contributed by atoms with E-state index in [-0.39, 0.29) is 18.3 Å². The minimum absolute atomic E-state index is 0.309. The second kappa shape index (κ2) is 6.05. The summed E-state index contributed by atoms with van der Waals surface area (Å²) in [6.45, 7) is 3.11. The van der Waals surface area contributed by atoms with Crippen molar-refractivity contribution in [3.05, 3.63) is 46.1 Å². The number of thiophene rings is 1. The van der Waals surface area contributed by atoms with E-state index in [1.165, 1.54) is 17.4 Å². The van der Waals surface area contributed by atoms with Crippen molar-refractivity contribution in [1.29, 1.82) is 0 Å². The molecular formula is C15H15FN4O2S. The molecule has 23 heavy (non-hydrogen) atoms. The molecule has 0 aliphatic carbocycles. The number of hydrogen-bond donors (Lipinski definition) is 3. The minimum Gasteiger partial charge on any atom is -0.394 e. The standard InChI is InChI=1S/C15H15FN4O2S/c1-7-12-9(16)4-3-5-11(12)23-13(7)15(22)18-10(6-21)14-17-8(2)19-20-14/h3-5,10,21H,6H2,1-2H3,(H,18,22)(H,17,19,20)/t10-/m1/s1. The SMILES string of the molecule is Cc1nc([C@@H](CO)NC(=O)c2sc3cccc(F)c3c2C)n[nH]1. The van der Waals surface area contributed by atoms with Gasteiger partial charge in [0.1, 0.15) is 17.7 Å². The van der Waals surface area contributed by atoms with Crippen LogP contribution in [0.15, 0.2) is 18.2 Å². The summed E-state index contributed by atoms with van der Waals surface area (Å²) in [5.41, 5.74) is 0.587. The molecule has 120 valence electrons. The van der Waals surface area contributed by atoms with E-state index in [0.717, 1.165) is 0 Å². The number of nitrogens with one attached hydrogen (secondary N) is 2. The fourth-order valence-corrected chi connectivity index (χ4v) is 3.53. The van der Waals surface area contributed by atoms with Crippen LogP contribution in [0.1, 0.15) is 32.9 Å². The summed E-state index contributed by atoms with van der Waals surface area (Å²) in [7, 11) is 0. The van der Waals surface area contributed by atoms with Gasteiger partial charge in [0.25, 0.3) is 5.91 Å². The van der Waals surface area contributed by atoms with Crippen LogP contribution in [0.5, 0.6) is 0 Å². The number of benzene rings is 1. The molecule has 0 unspecified atom stereocenters. The van der Waals surface area contributed by atoms with Gasteiger partial charge < -0.3 is 10.4 Å². The average Bonchev–Trinajstić information content (AvgIpc) is 3.09. The van der Waals surface area contributed by atoms with Gasteiger partial charge in [0.2, 0.25) is 0 Å². The van der Waals surface area contributed by atoms with Gasteiger partial charge in [-0.05, 0) is 31.5 Å². The quantitative estimate of drug-likeness (QED) is 0.682. The number of rotatable bonds is 4. The Labute approximate surface area is 135 Å². The molecule has 0 aliphatic rings. The number of fused-ring (bicyclic) bond motifs is 1. The number of aromatic nitrogens is 3. The molecule has 3 aromatic rings. The van der Waals surface area contributed by atoms with E-state index in [0.29, 0.717) is 32.2 Å². The number of hydrogen-bond acceptors (Lipinski definition) is 5. The number of aliphatic hydroxyl groups excluding tert-OH is 1. The van der Waals surface area contributed by atoms with Gasteiger partial charge >= 0.3 is 0 Å². The molecule has 1 atom stereocenters. The van der Waals surface area contributed by atoms with Crippen molar-refractivity contribution in [2.45, 2.75) is 19.9 Å². The van der Waals surface area contributed by atoms with Crippen LogP contribution in [0.25, 0.3) is 10.1 Å². The van der Waals surface area contributed by atoms with Crippen LogP contribution in [0.4, 0.5) is 4.39 Å². The van der Waals surface area contributed by atoms with Gasteiger partial charge in [-0.2, -0.15) is 5.10 Å². The smallest absolute Gasteiger partial charge is 0.262 e. The van der Waals surface area contributed by atoms with Gasteiger partial charge in [-0.3, -0.25) is 9.89 Å². The molecule has 8 heteroatoms. The molecule has 0 saturated heterocycles. The number of aryl methyl sites for hydroxylation is 2. The van der Waals surface area contributed by atoms with Crippen molar-refractivity contribution in [2.75, 3.05) is 6.61 Å². The van der Waals surface area contributed by atoms with Crippen LogP contribution in [0.2, 0.25) is 0 Å². The van der Waals surface area contributed by atoms with Gasteiger partial charge in [-0.1, -0.05) is 6.07 Å². The number of H-pyrrole nitrogens is 1. The highest BCUT2D eigenvalue weighted by molar-refractivity contribution is 7.21. The summed E-state index contributed by atoms with van der Waals surface area (Å²) < 4.78 is 14.6. The highest BCUT2D eigenvalue weighted by atomic mass is 32.1. The normalized spacial score (nSPS) is 12.5. The third-order valence-corrected chi connectivity index (χ3v) is 4.78. The molecule has 6 nitrogen and oxygen atoms in total. The lowest BCUT2D eigenvalue weighted by Gasteiger charge is -2.12. The molecule has 0 saturated carbocycles. The first-order chi connectivity index (χ1) is 11.0. The number of amides is 1. The highest BCUT2D eigenvalue weighted by Crippen LogP contribution is 2.32. The molecule has 3 rings (SSSR count). The van der Waals surface area contributed by atoms with Crippen molar-refractivity contribution in [2.24, 2.45) is 0 Å². The Bertz CT molecular complexity index is 874. The molecule has 2 heterocycles. The first-order valence-corrected chi connectivity index (χ1v) is 7.81. The monoisotopic (exact) mass is 334 g/mol. The van der Waals surface area contributed by atoms with E-state index in [2.05, 4.69) is 20.5 Å². The Kier molecular flexibility index (Phi) is 4.10. The zero-order chi connectivity index (χ0) is 16.6. The van der Waals surface area contributed by atoms with E-state index in [1.54, 1.807) is 26.0 Å². The van der Waals surface area contributed by atoms with Gasteiger partial charge in [-0.25, -0.2) is 9.37 Å². The van der Waals surface area contributed by atoms with Crippen LogP contribution in [-0.2, 0) is 0 Å². The van der Waals surface area contributed by atoms with Crippen molar-refractivity contribution in [3.8, 4) is 0 Å². The van der Waals surface area contributed by atoms with E-state index >= 15 is 0 Å². The Morgan fingerprint density at radius 1 is 1.48 bits per heavy atom. The van der Waals surface area contributed by atoms with Crippen LogP contribution < -0.4 is 5.32 Å². The van der Waals surface area contributed by atoms with Crippen LogP contribution in [0, 0.1) is 19.7 Å². The molecule has 0 spiro atoms. The Balaban J connectivity index is 1.91. The molecule has 0 bridgehead atoms. The van der Waals surface area contributed by atoms with Crippen molar-refractivity contribution in [3.63, 3.8) is 0 Å². The van der Waals surface area contributed by atoms with Crippen molar-refractivity contribution >= 4 is 27.3 Å². The van der Waals surface area contributed by atoms with E-state index in [1.807, 2.05) is 0 Å². The Morgan fingerprint density at radius 2 is 2.26 bits per heavy atom. The fraction of sp³-hybridized carbons (Fsp3) is 0.267. The van der Waals surface area contributed by atoms with E-state index in [4.69, 9.17) is 0 Å². The lowest BCUT2D eigenvalue weighted by Crippen LogP contribution is -2.31. The van der Waals surface area contributed by atoms with E-state index < -0.39 is 6.04 Å². The molecule has 2 aromatic heterocycles. The predicted molar refractivity (Wildman–Crippen MR) is 84.9 cm³/mol. The highest BCUT2D eigenvalue weighted by Gasteiger charge is 2.22. The van der Waals surface area contributed by atoms with Crippen LogP contribution in [0.3, 0.4) is 0 Å². The maximum Gasteiger partial charge on any atom is 0.262 e.